The van der Waals surface area contributed by atoms with E-state index in [9.17, 15) is 14.7 Å². The number of rotatable bonds is 4. The van der Waals surface area contributed by atoms with Crippen LogP contribution in [0.3, 0.4) is 0 Å². The highest BCUT2D eigenvalue weighted by atomic mass is 16.4. The van der Waals surface area contributed by atoms with Crippen molar-refractivity contribution in [3.63, 3.8) is 0 Å². The van der Waals surface area contributed by atoms with Gasteiger partial charge in [0.15, 0.2) is 0 Å². The van der Waals surface area contributed by atoms with Crippen molar-refractivity contribution >= 4 is 11.9 Å². The van der Waals surface area contributed by atoms with Crippen molar-refractivity contribution in [3.05, 3.63) is 0 Å². The van der Waals surface area contributed by atoms with Gasteiger partial charge in [0.2, 0.25) is 5.91 Å². The maximum Gasteiger partial charge on any atom is 0.326 e. The first-order chi connectivity index (χ1) is 9.84. The molecule has 2 saturated heterocycles. The summed E-state index contributed by atoms with van der Waals surface area (Å²) in [6, 6.07) is -1.30. The molecule has 118 valence electrons. The third-order valence-corrected chi connectivity index (χ3v) is 5.72. The van der Waals surface area contributed by atoms with E-state index in [1.165, 1.54) is 4.90 Å². The molecule has 0 radical (unpaired) electrons. The Hall–Kier alpha value is -1.14. The first kappa shape index (κ1) is 14.8. The molecule has 0 bridgehead atoms. The number of amides is 1. The number of hydrogen-bond donors (Lipinski definition) is 2. The lowest BCUT2D eigenvalue weighted by molar-refractivity contribution is -0.150. The molecule has 1 amide bonds. The molecule has 0 spiro atoms. The first-order valence-corrected chi connectivity index (χ1v) is 7.85. The number of aliphatic carboxylic acids is 1. The number of nitrogens with zero attached hydrogens (tertiary/aromatic N) is 2. The van der Waals surface area contributed by atoms with Crippen LogP contribution < -0.4 is 5.73 Å². The molecule has 0 aromatic heterocycles. The van der Waals surface area contributed by atoms with Gasteiger partial charge in [-0.3, -0.25) is 4.79 Å². The highest BCUT2D eigenvalue weighted by molar-refractivity contribution is 5.88. The Morgan fingerprint density at radius 3 is 2.52 bits per heavy atom. The fourth-order valence-electron chi connectivity index (χ4n) is 4.33. The third-order valence-electron chi connectivity index (χ3n) is 5.72. The summed E-state index contributed by atoms with van der Waals surface area (Å²) in [5, 5.41) is 9.48. The molecule has 3 fully saturated rings. The Morgan fingerprint density at radius 1 is 1.33 bits per heavy atom. The highest BCUT2D eigenvalue weighted by Gasteiger charge is 2.69. The van der Waals surface area contributed by atoms with Crippen LogP contribution in [0.4, 0.5) is 0 Å². The Morgan fingerprint density at radius 2 is 1.95 bits per heavy atom. The van der Waals surface area contributed by atoms with Crippen molar-refractivity contribution in [2.45, 2.75) is 38.8 Å². The molecule has 2 aliphatic heterocycles. The van der Waals surface area contributed by atoms with Crippen LogP contribution in [0, 0.1) is 17.3 Å². The molecular weight excluding hydrogens is 270 g/mol. The quantitative estimate of drug-likeness (QED) is 0.761. The molecule has 1 aliphatic carbocycles. The van der Waals surface area contributed by atoms with E-state index < -0.39 is 18.1 Å². The van der Waals surface area contributed by atoms with E-state index in [1.807, 2.05) is 0 Å². The zero-order valence-corrected chi connectivity index (χ0v) is 12.8. The minimum absolute atomic E-state index is 0.0406. The van der Waals surface area contributed by atoms with E-state index in [0.29, 0.717) is 19.0 Å². The summed E-state index contributed by atoms with van der Waals surface area (Å²) in [6.07, 6.45) is 2.31. The van der Waals surface area contributed by atoms with Gasteiger partial charge in [0.05, 0.1) is 6.04 Å². The molecule has 6 nitrogen and oxygen atoms in total. The van der Waals surface area contributed by atoms with E-state index in [1.54, 1.807) is 0 Å². The zero-order valence-electron chi connectivity index (χ0n) is 12.8. The monoisotopic (exact) mass is 295 g/mol. The second-order valence-electron chi connectivity index (χ2n) is 7.34. The average Bonchev–Trinajstić information content (AvgIpc) is 2.88. The molecule has 3 rings (SSSR count). The summed E-state index contributed by atoms with van der Waals surface area (Å²) in [4.78, 5) is 27.8. The molecule has 2 heterocycles. The van der Waals surface area contributed by atoms with E-state index in [0.717, 1.165) is 25.9 Å². The second-order valence-corrected chi connectivity index (χ2v) is 7.34. The van der Waals surface area contributed by atoms with Gasteiger partial charge in [-0.15, -0.1) is 0 Å². The number of fused-ring (bicyclic) bond motifs is 1. The van der Waals surface area contributed by atoms with Gasteiger partial charge < -0.3 is 20.6 Å². The lowest BCUT2D eigenvalue weighted by Gasteiger charge is -2.31. The standard InChI is InChI=1S/C15H25N3O3/c1-15(2)9-7-18(12(11(9)15)14(20)21)13(19)10(16)8-17-5-3-4-6-17/h9-12H,3-8,16H2,1-2H3,(H,20,21)/t9-,10-,11-,12-/m0/s1. The van der Waals surface area contributed by atoms with Crippen LogP contribution in [0.1, 0.15) is 26.7 Å². The van der Waals surface area contributed by atoms with Crippen LogP contribution in [0.2, 0.25) is 0 Å². The maximum absolute atomic E-state index is 12.5. The van der Waals surface area contributed by atoms with Gasteiger partial charge in [-0.2, -0.15) is 0 Å². The average molecular weight is 295 g/mol. The Balaban J connectivity index is 1.65. The topological polar surface area (TPSA) is 86.9 Å². The van der Waals surface area contributed by atoms with Crippen molar-refractivity contribution in [1.82, 2.24) is 9.80 Å². The number of likely N-dealkylation sites (tertiary alicyclic amines) is 2. The van der Waals surface area contributed by atoms with E-state index in [4.69, 9.17) is 5.73 Å². The maximum atomic E-state index is 12.5. The van der Waals surface area contributed by atoms with Crippen molar-refractivity contribution in [3.8, 4) is 0 Å². The van der Waals surface area contributed by atoms with Gasteiger partial charge in [0, 0.05) is 19.0 Å². The summed E-state index contributed by atoms with van der Waals surface area (Å²) in [5.41, 5.74) is 6.08. The van der Waals surface area contributed by atoms with Gasteiger partial charge in [-0.25, -0.2) is 4.79 Å². The summed E-state index contributed by atoms with van der Waals surface area (Å²) in [6.45, 7) is 7.24. The summed E-state index contributed by atoms with van der Waals surface area (Å²) in [7, 11) is 0. The molecule has 21 heavy (non-hydrogen) atoms. The minimum atomic E-state index is -0.894. The molecule has 3 N–H and O–H groups in total. The fourth-order valence-corrected chi connectivity index (χ4v) is 4.33. The molecular formula is C15H25N3O3. The zero-order chi connectivity index (χ0) is 15.4. The van der Waals surface area contributed by atoms with Gasteiger partial charge in [0.25, 0.3) is 0 Å². The van der Waals surface area contributed by atoms with E-state index in [-0.39, 0.29) is 17.2 Å². The van der Waals surface area contributed by atoms with E-state index >= 15 is 0 Å². The van der Waals surface area contributed by atoms with Crippen LogP contribution in [-0.2, 0) is 9.59 Å². The molecule has 0 unspecified atom stereocenters. The Labute approximate surface area is 125 Å². The lowest BCUT2D eigenvalue weighted by Crippen LogP contribution is -2.54. The number of carboxylic acids is 1. The molecule has 4 atom stereocenters. The number of carbonyl (C=O) groups excluding carboxylic acids is 1. The SMILES string of the molecule is CC1(C)[C@@H]2[C@@H](C(=O)O)N(C(=O)[C@@H](N)CN3CCCC3)C[C@@H]21. The predicted molar refractivity (Wildman–Crippen MR) is 77.5 cm³/mol. The smallest absolute Gasteiger partial charge is 0.326 e. The van der Waals surface area contributed by atoms with Crippen LogP contribution >= 0.6 is 0 Å². The van der Waals surface area contributed by atoms with Crippen molar-refractivity contribution < 1.29 is 14.7 Å². The molecule has 1 saturated carbocycles. The summed E-state index contributed by atoms with van der Waals surface area (Å²) >= 11 is 0. The Bertz CT molecular complexity index is 459. The molecule has 6 heteroatoms. The van der Waals surface area contributed by atoms with Crippen LogP contribution in [0.15, 0.2) is 0 Å². The van der Waals surface area contributed by atoms with Gasteiger partial charge >= 0.3 is 5.97 Å². The first-order valence-electron chi connectivity index (χ1n) is 7.85. The fraction of sp³-hybridized carbons (Fsp3) is 0.867. The van der Waals surface area contributed by atoms with Crippen LogP contribution in [-0.4, -0.2) is 65.0 Å². The molecule has 0 aromatic rings. The molecule has 3 aliphatic rings. The van der Waals surface area contributed by atoms with Gasteiger partial charge in [0.1, 0.15) is 6.04 Å². The highest BCUT2D eigenvalue weighted by Crippen LogP contribution is 2.64. The molecule has 0 aromatic carbocycles. The Kier molecular flexibility index (Phi) is 3.48. The normalized spacial score (nSPS) is 35.6. The van der Waals surface area contributed by atoms with Gasteiger partial charge in [-0.05, 0) is 37.3 Å². The second kappa shape index (κ2) is 4.95. The van der Waals surface area contributed by atoms with Gasteiger partial charge in [-0.1, -0.05) is 13.8 Å². The largest absolute Gasteiger partial charge is 0.480 e. The van der Waals surface area contributed by atoms with Crippen molar-refractivity contribution in [2.75, 3.05) is 26.2 Å². The number of carbonyl (C=O) groups is 2. The van der Waals surface area contributed by atoms with Crippen molar-refractivity contribution in [1.29, 1.82) is 0 Å². The van der Waals surface area contributed by atoms with Crippen LogP contribution in [0.5, 0.6) is 0 Å². The van der Waals surface area contributed by atoms with Crippen LogP contribution in [0.25, 0.3) is 0 Å². The summed E-state index contributed by atoms with van der Waals surface area (Å²) in [5.74, 6) is -0.702. The summed E-state index contributed by atoms with van der Waals surface area (Å²) < 4.78 is 0. The number of nitrogens with two attached hydrogens (primary N) is 1. The lowest BCUT2D eigenvalue weighted by atomic mass is 10.0. The predicted octanol–water partition coefficient (Wildman–Crippen LogP) is -0.0229. The minimum Gasteiger partial charge on any atom is -0.480 e. The number of carboxylic acid groups (broad SMARTS) is 1. The number of hydrogen-bond acceptors (Lipinski definition) is 4. The van der Waals surface area contributed by atoms with Crippen molar-refractivity contribution in [2.24, 2.45) is 23.0 Å². The third kappa shape index (κ3) is 2.34. The number of piperidine rings is 1. The van der Waals surface area contributed by atoms with E-state index in [2.05, 4.69) is 18.7 Å².